The summed E-state index contributed by atoms with van der Waals surface area (Å²) in [5.74, 6) is 1.78. The van der Waals surface area contributed by atoms with Gasteiger partial charge in [0.05, 0.1) is 22.1 Å². The molecule has 0 aliphatic rings. The molecule has 0 amide bonds. The van der Waals surface area contributed by atoms with E-state index in [1.807, 2.05) is 36.4 Å². The summed E-state index contributed by atoms with van der Waals surface area (Å²) in [4.78, 5) is 15.9. The van der Waals surface area contributed by atoms with Crippen LogP contribution >= 0.6 is 0 Å². The molecule has 0 saturated carbocycles. The van der Waals surface area contributed by atoms with Crippen molar-refractivity contribution in [2.24, 2.45) is 0 Å². The highest BCUT2D eigenvalue weighted by molar-refractivity contribution is 6.28. The summed E-state index contributed by atoms with van der Waals surface area (Å²) in [7, 11) is 0. The highest BCUT2D eigenvalue weighted by atomic mass is 15.2. The molecule has 68 heavy (non-hydrogen) atoms. The van der Waals surface area contributed by atoms with E-state index in [1.54, 1.807) is 0 Å². The summed E-state index contributed by atoms with van der Waals surface area (Å²) in [5.41, 5.74) is 11.7. The molecular formula is C63H39N5. The lowest BCUT2D eigenvalue weighted by Gasteiger charge is -2.15. The van der Waals surface area contributed by atoms with Gasteiger partial charge in [-0.1, -0.05) is 200 Å². The molecule has 0 spiro atoms. The maximum Gasteiger partial charge on any atom is 0.238 e. The van der Waals surface area contributed by atoms with E-state index in [0.717, 1.165) is 71.7 Å². The Labute approximate surface area is 391 Å². The first kappa shape index (κ1) is 38.1. The number of para-hydroxylation sites is 2. The Hall–Kier alpha value is -9.19. The van der Waals surface area contributed by atoms with Crippen LogP contribution in [0.2, 0.25) is 0 Å². The molecule has 0 saturated heterocycles. The molecule has 0 unspecified atom stereocenters. The van der Waals surface area contributed by atoms with E-state index in [2.05, 4.69) is 209 Å². The fourth-order valence-corrected chi connectivity index (χ4v) is 10.7. The van der Waals surface area contributed by atoms with Gasteiger partial charge in [0, 0.05) is 38.4 Å². The molecule has 0 bridgehead atoms. The van der Waals surface area contributed by atoms with Crippen LogP contribution in [-0.2, 0) is 0 Å². The van der Waals surface area contributed by atoms with Crippen LogP contribution in [-0.4, -0.2) is 24.1 Å². The van der Waals surface area contributed by atoms with Crippen molar-refractivity contribution in [3.8, 4) is 56.7 Å². The molecule has 0 aliphatic heterocycles. The Bertz CT molecular complexity index is 4210. The van der Waals surface area contributed by atoms with Crippen LogP contribution < -0.4 is 0 Å². The first-order valence-electron chi connectivity index (χ1n) is 23.1. The third-order valence-electron chi connectivity index (χ3n) is 13.7. The second-order valence-electron chi connectivity index (χ2n) is 17.5. The van der Waals surface area contributed by atoms with Gasteiger partial charge in [0.1, 0.15) is 0 Å². The lowest BCUT2D eigenvalue weighted by atomic mass is 9.92. The number of benzene rings is 11. The molecular weight excluding hydrogens is 827 g/mol. The topological polar surface area (TPSA) is 48.5 Å². The number of rotatable bonds is 6. The van der Waals surface area contributed by atoms with Gasteiger partial charge < -0.3 is 4.57 Å². The van der Waals surface area contributed by atoms with Crippen molar-refractivity contribution in [2.75, 3.05) is 0 Å². The molecule has 0 radical (unpaired) electrons. The minimum atomic E-state index is 0.553. The van der Waals surface area contributed by atoms with Crippen LogP contribution in [0.4, 0.5) is 0 Å². The van der Waals surface area contributed by atoms with Gasteiger partial charge in [-0.05, 0) is 91.0 Å². The zero-order valence-electron chi connectivity index (χ0n) is 36.8. The maximum absolute atomic E-state index is 5.39. The zero-order valence-corrected chi connectivity index (χ0v) is 36.8. The average molecular weight is 866 g/mol. The molecule has 0 N–H and O–H groups in total. The standard InChI is InChI=1S/C63H39N5/c1-4-19-40(20-5-1)53-39-55-51-31-14-16-33-56(51)67(45-26-18-25-43(37-45)44-35-36-50-48-29-11-10-27-46(48)47-28-12-13-30-49(47)54(50)38-44)59(55)60-58(53)52-32-15-17-34-57(52)68(60)63-65-61(41-21-6-2-7-22-41)64-62(66-63)42-23-8-3-9-24-42/h1-39H. The van der Waals surface area contributed by atoms with Gasteiger partial charge in [-0.25, -0.2) is 4.98 Å². The van der Waals surface area contributed by atoms with Gasteiger partial charge >= 0.3 is 0 Å². The largest absolute Gasteiger partial charge is 0.307 e. The lowest BCUT2D eigenvalue weighted by molar-refractivity contribution is 0.953. The van der Waals surface area contributed by atoms with Gasteiger partial charge in [0.2, 0.25) is 5.95 Å². The highest BCUT2D eigenvalue weighted by Gasteiger charge is 2.26. The van der Waals surface area contributed by atoms with Crippen LogP contribution in [0.3, 0.4) is 0 Å². The van der Waals surface area contributed by atoms with Crippen molar-refractivity contribution in [1.82, 2.24) is 24.1 Å². The van der Waals surface area contributed by atoms with Gasteiger partial charge in [-0.3, -0.25) is 4.57 Å². The number of aromatic nitrogens is 5. The van der Waals surface area contributed by atoms with Crippen molar-refractivity contribution in [1.29, 1.82) is 0 Å². The van der Waals surface area contributed by atoms with Gasteiger partial charge in [-0.15, -0.1) is 0 Å². The SMILES string of the molecule is c1ccc(-c2nc(-c3ccccc3)nc(-n3c4ccccc4c4c(-c5ccccc5)cc5c6ccccc6n(-c6cccc(-c7ccc8c9ccccc9c9ccccc9c8c7)c6)c5c43)n2)cc1. The van der Waals surface area contributed by atoms with Crippen molar-refractivity contribution >= 4 is 75.9 Å². The van der Waals surface area contributed by atoms with Gasteiger partial charge in [0.25, 0.3) is 0 Å². The quantitative estimate of drug-likeness (QED) is 0.156. The van der Waals surface area contributed by atoms with E-state index < -0.39 is 0 Å². The van der Waals surface area contributed by atoms with E-state index in [0.29, 0.717) is 17.6 Å². The highest BCUT2D eigenvalue weighted by Crippen LogP contribution is 2.47. The molecule has 5 nitrogen and oxygen atoms in total. The normalized spacial score (nSPS) is 11.8. The molecule has 14 aromatic rings. The minimum absolute atomic E-state index is 0.553. The fourth-order valence-electron chi connectivity index (χ4n) is 10.7. The number of nitrogens with zero attached hydrogens (tertiary/aromatic N) is 5. The molecule has 5 heteroatoms. The second-order valence-corrected chi connectivity index (χ2v) is 17.5. The lowest BCUT2D eigenvalue weighted by Crippen LogP contribution is -2.07. The van der Waals surface area contributed by atoms with Gasteiger partial charge in [-0.2, -0.15) is 9.97 Å². The summed E-state index contributed by atoms with van der Waals surface area (Å²) in [5, 5.41) is 12.2. The predicted molar refractivity (Wildman–Crippen MR) is 283 cm³/mol. The molecule has 316 valence electrons. The van der Waals surface area contributed by atoms with Crippen LogP contribution in [0, 0.1) is 0 Å². The molecule has 0 atom stereocenters. The van der Waals surface area contributed by atoms with Crippen LogP contribution in [0.15, 0.2) is 237 Å². The predicted octanol–water partition coefficient (Wildman–Crippen LogP) is 16.2. The Morgan fingerprint density at radius 1 is 0.265 bits per heavy atom. The molecule has 0 aliphatic carbocycles. The van der Waals surface area contributed by atoms with Crippen LogP contribution in [0.1, 0.15) is 0 Å². The Kier molecular flexibility index (Phi) is 8.52. The zero-order chi connectivity index (χ0) is 44.7. The maximum atomic E-state index is 5.39. The summed E-state index contributed by atoms with van der Waals surface area (Å²) in [6.45, 7) is 0. The fraction of sp³-hybridized carbons (Fsp3) is 0. The van der Waals surface area contributed by atoms with E-state index in [-0.39, 0.29) is 0 Å². The average Bonchev–Trinajstić information content (AvgIpc) is 3.95. The van der Waals surface area contributed by atoms with E-state index in [1.165, 1.54) is 43.3 Å². The first-order chi connectivity index (χ1) is 33.7. The summed E-state index contributed by atoms with van der Waals surface area (Å²) in [6, 6.07) is 84.7. The van der Waals surface area contributed by atoms with E-state index >= 15 is 0 Å². The molecule has 3 heterocycles. The number of hydrogen-bond acceptors (Lipinski definition) is 3. The summed E-state index contributed by atoms with van der Waals surface area (Å²) < 4.78 is 4.75. The molecule has 14 rings (SSSR count). The Morgan fingerprint density at radius 3 is 1.35 bits per heavy atom. The Morgan fingerprint density at radius 2 is 0.735 bits per heavy atom. The van der Waals surface area contributed by atoms with Gasteiger partial charge in [0.15, 0.2) is 11.6 Å². The third kappa shape index (κ3) is 5.86. The van der Waals surface area contributed by atoms with Crippen LogP contribution in [0.5, 0.6) is 0 Å². The summed E-state index contributed by atoms with van der Waals surface area (Å²) in [6.07, 6.45) is 0. The number of hydrogen-bond donors (Lipinski definition) is 0. The van der Waals surface area contributed by atoms with Crippen molar-refractivity contribution in [3.05, 3.63) is 237 Å². The van der Waals surface area contributed by atoms with Crippen molar-refractivity contribution < 1.29 is 0 Å². The second kappa shape index (κ2) is 15.2. The Balaban J connectivity index is 1.10. The molecule has 0 fully saturated rings. The third-order valence-corrected chi connectivity index (χ3v) is 13.7. The monoisotopic (exact) mass is 865 g/mol. The number of fused-ring (bicyclic) bond motifs is 13. The van der Waals surface area contributed by atoms with Crippen LogP contribution in [0.25, 0.3) is 133 Å². The van der Waals surface area contributed by atoms with Crippen molar-refractivity contribution in [2.45, 2.75) is 0 Å². The van der Waals surface area contributed by atoms with Crippen molar-refractivity contribution in [3.63, 3.8) is 0 Å². The smallest absolute Gasteiger partial charge is 0.238 e. The summed E-state index contributed by atoms with van der Waals surface area (Å²) >= 11 is 0. The minimum Gasteiger partial charge on any atom is -0.307 e. The van der Waals surface area contributed by atoms with E-state index in [9.17, 15) is 0 Å². The first-order valence-corrected chi connectivity index (χ1v) is 23.1. The molecule has 3 aromatic heterocycles. The van der Waals surface area contributed by atoms with E-state index in [4.69, 9.17) is 15.0 Å². The molecule has 11 aromatic carbocycles.